The van der Waals surface area contributed by atoms with Crippen LogP contribution in [0.4, 0.5) is 0 Å². The van der Waals surface area contributed by atoms with Crippen LogP contribution >= 0.6 is 0 Å². The molecule has 3 nitrogen and oxygen atoms in total. The molecular weight excluding hydrogens is 212 g/mol. The lowest BCUT2D eigenvalue weighted by atomic mass is 9.97. The average molecular weight is 230 g/mol. The van der Waals surface area contributed by atoms with E-state index in [4.69, 9.17) is 10.3 Å². The number of hydrogen-bond acceptors (Lipinski definition) is 3. The van der Waals surface area contributed by atoms with Gasteiger partial charge in [-0.3, -0.25) is 0 Å². The summed E-state index contributed by atoms with van der Waals surface area (Å²) in [4.78, 5) is 0. The summed E-state index contributed by atoms with van der Waals surface area (Å²) in [5.74, 6) is 1.37. The second-order valence-corrected chi connectivity index (χ2v) is 4.32. The molecule has 1 aromatic heterocycles. The van der Waals surface area contributed by atoms with E-state index in [0.29, 0.717) is 12.5 Å². The maximum Gasteiger partial charge on any atom is 0.171 e. The molecule has 3 heteroatoms. The Balaban J connectivity index is 2.29. The highest BCUT2D eigenvalue weighted by Gasteiger charge is 2.10. The van der Waals surface area contributed by atoms with E-state index >= 15 is 0 Å². The van der Waals surface area contributed by atoms with Crippen molar-refractivity contribution in [1.29, 1.82) is 0 Å². The molecule has 2 rings (SSSR count). The van der Waals surface area contributed by atoms with Gasteiger partial charge in [-0.25, -0.2) is 0 Å². The van der Waals surface area contributed by atoms with Crippen LogP contribution in [0.5, 0.6) is 0 Å². The van der Waals surface area contributed by atoms with Crippen LogP contribution in [0.25, 0.3) is 11.3 Å². The Hall–Kier alpha value is -1.61. The van der Waals surface area contributed by atoms with Gasteiger partial charge in [0, 0.05) is 17.7 Å². The number of benzene rings is 1. The number of hydrogen-bond donors (Lipinski definition) is 1. The smallest absolute Gasteiger partial charge is 0.171 e. The van der Waals surface area contributed by atoms with E-state index in [0.717, 1.165) is 23.3 Å². The third-order valence-corrected chi connectivity index (χ3v) is 3.22. The lowest BCUT2D eigenvalue weighted by molar-refractivity contribution is 0.431. The van der Waals surface area contributed by atoms with Gasteiger partial charge in [0.25, 0.3) is 0 Å². The van der Waals surface area contributed by atoms with Crippen LogP contribution in [-0.4, -0.2) is 5.16 Å². The Kier molecular flexibility index (Phi) is 3.59. The first kappa shape index (κ1) is 11.9. The SMILES string of the molecule is CCC(C)c1ccc(-c2oncc2CN)cc1. The summed E-state index contributed by atoms with van der Waals surface area (Å²) in [6, 6.07) is 8.43. The second kappa shape index (κ2) is 5.15. The summed E-state index contributed by atoms with van der Waals surface area (Å²) in [6.07, 6.45) is 2.83. The fourth-order valence-corrected chi connectivity index (χ4v) is 1.84. The summed E-state index contributed by atoms with van der Waals surface area (Å²) in [7, 11) is 0. The fraction of sp³-hybridized carbons (Fsp3) is 0.357. The zero-order chi connectivity index (χ0) is 12.3. The summed E-state index contributed by atoms with van der Waals surface area (Å²) in [5, 5.41) is 3.79. The van der Waals surface area contributed by atoms with E-state index in [1.807, 2.05) is 0 Å². The summed E-state index contributed by atoms with van der Waals surface area (Å²) < 4.78 is 5.24. The first-order chi connectivity index (χ1) is 8.26. The molecule has 0 bridgehead atoms. The van der Waals surface area contributed by atoms with Gasteiger partial charge >= 0.3 is 0 Å². The molecule has 2 N–H and O–H groups in total. The molecule has 1 unspecified atom stereocenters. The van der Waals surface area contributed by atoms with Crippen molar-refractivity contribution >= 4 is 0 Å². The molecule has 0 radical (unpaired) electrons. The molecule has 90 valence electrons. The Bertz CT molecular complexity index is 473. The zero-order valence-electron chi connectivity index (χ0n) is 10.3. The van der Waals surface area contributed by atoms with Gasteiger partial charge in [-0.15, -0.1) is 0 Å². The van der Waals surface area contributed by atoms with E-state index in [1.165, 1.54) is 5.56 Å². The van der Waals surface area contributed by atoms with Crippen molar-refractivity contribution in [2.75, 3.05) is 0 Å². The monoisotopic (exact) mass is 230 g/mol. The number of nitrogens with zero attached hydrogens (tertiary/aromatic N) is 1. The molecule has 0 amide bonds. The lowest BCUT2D eigenvalue weighted by Crippen LogP contribution is -1.96. The van der Waals surface area contributed by atoms with E-state index in [9.17, 15) is 0 Å². The van der Waals surface area contributed by atoms with Crippen molar-refractivity contribution in [2.24, 2.45) is 5.73 Å². The minimum Gasteiger partial charge on any atom is -0.356 e. The van der Waals surface area contributed by atoms with Crippen LogP contribution in [0.3, 0.4) is 0 Å². The van der Waals surface area contributed by atoms with E-state index in [1.54, 1.807) is 6.20 Å². The zero-order valence-corrected chi connectivity index (χ0v) is 10.3. The molecule has 1 aromatic carbocycles. The van der Waals surface area contributed by atoms with Gasteiger partial charge in [0.05, 0.1) is 6.20 Å². The van der Waals surface area contributed by atoms with Crippen LogP contribution in [0, 0.1) is 0 Å². The average Bonchev–Trinajstić information content (AvgIpc) is 2.86. The van der Waals surface area contributed by atoms with Crippen molar-refractivity contribution in [3.63, 3.8) is 0 Å². The third kappa shape index (κ3) is 2.39. The van der Waals surface area contributed by atoms with Gasteiger partial charge in [-0.2, -0.15) is 0 Å². The summed E-state index contributed by atoms with van der Waals surface area (Å²) in [6.45, 7) is 4.88. The van der Waals surface area contributed by atoms with Crippen LogP contribution in [0.15, 0.2) is 35.0 Å². The quantitative estimate of drug-likeness (QED) is 0.876. The maximum atomic E-state index is 5.63. The predicted octanol–water partition coefficient (Wildman–Crippen LogP) is 3.31. The Morgan fingerprint density at radius 1 is 1.29 bits per heavy atom. The first-order valence-electron chi connectivity index (χ1n) is 6.00. The fourth-order valence-electron chi connectivity index (χ4n) is 1.84. The lowest BCUT2D eigenvalue weighted by Gasteiger charge is -2.09. The minimum absolute atomic E-state index is 0.450. The molecule has 17 heavy (non-hydrogen) atoms. The van der Waals surface area contributed by atoms with Crippen molar-refractivity contribution in [1.82, 2.24) is 5.16 Å². The van der Waals surface area contributed by atoms with E-state index in [-0.39, 0.29) is 0 Å². The van der Waals surface area contributed by atoms with Gasteiger partial charge in [-0.1, -0.05) is 43.3 Å². The van der Waals surface area contributed by atoms with Crippen molar-refractivity contribution in [3.8, 4) is 11.3 Å². The molecule has 0 saturated carbocycles. The van der Waals surface area contributed by atoms with Crippen LogP contribution in [-0.2, 0) is 6.54 Å². The Morgan fingerprint density at radius 3 is 2.59 bits per heavy atom. The molecule has 0 aliphatic carbocycles. The molecule has 0 aliphatic heterocycles. The Labute approximate surface area is 102 Å². The van der Waals surface area contributed by atoms with Crippen molar-refractivity contribution in [2.45, 2.75) is 32.7 Å². The largest absolute Gasteiger partial charge is 0.356 e. The minimum atomic E-state index is 0.450. The van der Waals surface area contributed by atoms with Crippen LogP contribution < -0.4 is 5.73 Å². The predicted molar refractivity (Wildman–Crippen MR) is 68.5 cm³/mol. The topological polar surface area (TPSA) is 52.0 Å². The molecule has 0 fully saturated rings. The molecule has 0 aliphatic rings. The second-order valence-electron chi connectivity index (χ2n) is 4.32. The van der Waals surface area contributed by atoms with Crippen molar-refractivity contribution in [3.05, 3.63) is 41.6 Å². The number of nitrogens with two attached hydrogens (primary N) is 1. The van der Waals surface area contributed by atoms with E-state index in [2.05, 4.69) is 43.3 Å². The standard InChI is InChI=1S/C14H18N2O/c1-3-10(2)11-4-6-12(7-5-11)14-13(8-15)9-16-17-14/h4-7,9-10H,3,8,15H2,1-2H3. The normalized spacial score (nSPS) is 12.6. The highest BCUT2D eigenvalue weighted by Crippen LogP contribution is 2.26. The molecule has 0 spiro atoms. The molecule has 1 atom stereocenters. The van der Waals surface area contributed by atoms with Crippen LogP contribution in [0.2, 0.25) is 0 Å². The van der Waals surface area contributed by atoms with Crippen LogP contribution in [0.1, 0.15) is 37.3 Å². The molecular formula is C14H18N2O. The van der Waals surface area contributed by atoms with Gasteiger partial charge in [-0.05, 0) is 17.9 Å². The molecule has 2 aromatic rings. The highest BCUT2D eigenvalue weighted by atomic mass is 16.5. The van der Waals surface area contributed by atoms with Gasteiger partial charge in [0.1, 0.15) is 0 Å². The molecule has 0 saturated heterocycles. The van der Waals surface area contributed by atoms with Gasteiger partial charge < -0.3 is 10.3 Å². The summed E-state index contributed by atoms with van der Waals surface area (Å²) in [5.41, 5.74) is 8.97. The maximum absolute atomic E-state index is 5.63. The first-order valence-corrected chi connectivity index (χ1v) is 6.00. The number of aromatic nitrogens is 1. The third-order valence-electron chi connectivity index (χ3n) is 3.22. The number of rotatable bonds is 4. The van der Waals surface area contributed by atoms with Crippen molar-refractivity contribution < 1.29 is 4.52 Å². The summed E-state index contributed by atoms with van der Waals surface area (Å²) >= 11 is 0. The van der Waals surface area contributed by atoms with Gasteiger partial charge in [0.15, 0.2) is 5.76 Å². The van der Waals surface area contributed by atoms with E-state index < -0.39 is 0 Å². The molecule has 1 heterocycles. The highest BCUT2D eigenvalue weighted by molar-refractivity contribution is 5.61. The Morgan fingerprint density at radius 2 is 2.00 bits per heavy atom. The van der Waals surface area contributed by atoms with Gasteiger partial charge in [0.2, 0.25) is 0 Å².